The lowest BCUT2D eigenvalue weighted by atomic mass is 10.0. The van der Waals surface area contributed by atoms with E-state index in [4.69, 9.17) is 10.5 Å². The fraction of sp³-hybridized carbons (Fsp3) is 0.562. The summed E-state index contributed by atoms with van der Waals surface area (Å²) in [4.78, 5) is 24.7. The molecule has 2 N–H and O–H groups in total. The number of non-ortho nitro benzene ring substituents is 1. The molecule has 1 amide bonds. The highest BCUT2D eigenvalue weighted by Gasteiger charge is 2.25. The van der Waals surface area contributed by atoms with Crippen LogP contribution in [0, 0.1) is 17.0 Å². The Hall–Kier alpha value is -1.99. The van der Waals surface area contributed by atoms with Crippen molar-refractivity contribution in [1.82, 2.24) is 4.90 Å². The number of carbonyl (C=O) groups excluding carboxylic acids is 1. The SMILES string of the molecule is Cc1cc([N+](=O)[O-])ccc1C(=O)N1CCC(OCCCN)CC1. The normalized spacial score (nSPS) is 15.7. The van der Waals surface area contributed by atoms with Gasteiger partial charge in [0, 0.05) is 37.4 Å². The standard InChI is InChI=1S/C16H23N3O4/c1-12-11-13(19(21)22)3-4-15(12)16(20)18-8-5-14(6-9-18)23-10-2-7-17/h3-4,11,14H,2,5-10,17H2,1H3. The smallest absolute Gasteiger partial charge is 0.269 e. The summed E-state index contributed by atoms with van der Waals surface area (Å²) in [6, 6.07) is 4.36. The highest BCUT2D eigenvalue weighted by atomic mass is 16.6. The van der Waals surface area contributed by atoms with Crippen LogP contribution in [0.5, 0.6) is 0 Å². The van der Waals surface area contributed by atoms with Crippen LogP contribution in [0.4, 0.5) is 5.69 Å². The van der Waals surface area contributed by atoms with Gasteiger partial charge in [-0.2, -0.15) is 0 Å². The zero-order valence-electron chi connectivity index (χ0n) is 13.4. The van der Waals surface area contributed by atoms with E-state index < -0.39 is 4.92 Å². The van der Waals surface area contributed by atoms with E-state index in [2.05, 4.69) is 0 Å². The number of hydrogen-bond acceptors (Lipinski definition) is 5. The summed E-state index contributed by atoms with van der Waals surface area (Å²) < 4.78 is 5.73. The topological polar surface area (TPSA) is 98.7 Å². The molecule has 1 aromatic rings. The number of nitrogens with two attached hydrogens (primary N) is 1. The van der Waals surface area contributed by atoms with E-state index in [0.29, 0.717) is 37.4 Å². The summed E-state index contributed by atoms with van der Waals surface area (Å²) in [5.41, 5.74) is 6.60. The maximum Gasteiger partial charge on any atom is 0.269 e. The predicted octanol–water partition coefficient (Wildman–Crippen LogP) is 1.87. The first-order valence-electron chi connectivity index (χ1n) is 7.89. The molecule has 2 rings (SSSR count). The largest absolute Gasteiger partial charge is 0.378 e. The number of carbonyl (C=O) groups is 1. The number of hydrogen-bond donors (Lipinski definition) is 1. The second-order valence-electron chi connectivity index (χ2n) is 5.76. The Balaban J connectivity index is 1.93. The van der Waals surface area contributed by atoms with Crippen LogP contribution in [0.1, 0.15) is 35.2 Å². The molecule has 7 nitrogen and oxygen atoms in total. The summed E-state index contributed by atoms with van der Waals surface area (Å²) >= 11 is 0. The third-order valence-corrected chi connectivity index (χ3v) is 4.08. The van der Waals surface area contributed by atoms with Crippen LogP contribution in [-0.2, 0) is 4.74 Å². The number of rotatable bonds is 6. The third kappa shape index (κ3) is 4.49. The van der Waals surface area contributed by atoms with Crippen LogP contribution < -0.4 is 5.73 Å². The minimum atomic E-state index is -0.453. The molecule has 0 bridgehead atoms. The van der Waals surface area contributed by atoms with Gasteiger partial charge in [0.2, 0.25) is 0 Å². The van der Waals surface area contributed by atoms with Gasteiger partial charge in [-0.15, -0.1) is 0 Å². The second-order valence-corrected chi connectivity index (χ2v) is 5.76. The van der Waals surface area contributed by atoms with E-state index in [0.717, 1.165) is 19.3 Å². The molecule has 1 aliphatic rings. The van der Waals surface area contributed by atoms with Crippen molar-refractivity contribution in [3.8, 4) is 0 Å². The first kappa shape index (κ1) is 17.4. The molecule has 0 atom stereocenters. The average molecular weight is 321 g/mol. The van der Waals surface area contributed by atoms with E-state index >= 15 is 0 Å². The van der Waals surface area contributed by atoms with Crippen molar-refractivity contribution in [3.63, 3.8) is 0 Å². The Bertz CT molecular complexity index is 568. The average Bonchev–Trinajstić information content (AvgIpc) is 2.55. The molecule has 0 aromatic heterocycles. The number of nitrogens with zero attached hydrogens (tertiary/aromatic N) is 2. The number of piperidine rings is 1. The molecular formula is C16H23N3O4. The van der Waals surface area contributed by atoms with E-state index in [1.807, 2.05) is 0 Å². The maximum absolute atomic E-state index is 12.6. The highest BCUT2D eigenvalue weighted by molar-refractivity contribution is 5.96. The minimum absolute atomic E-state index is 0.00561. The van der Waals surface area contributed by atoms with Crippen LogP contribution in [-0.4, -0.2) is 48.1 Å². The lowest BCUT2D eigenvalue weighted by molar-refractivity contribution is -0.384. The summed E-state index contributed by atoms with van der Waals surface area (Å²) in [5.74, 6) is -0.0715. The minimum Gasteiger partial charge on any atom is -0.378 e. The molecule has 1 aliphatic heterocycles. The number of amides is 1. The summed E-state index contributed by atoms with van der Waals surface area (Å²) in [6.45, 7) is 4.29. The maximum atomic E-state index is 12.6. The van der Waals surface area contributed by atoms with E-state index in [1.165, 1.54) is 12.1 Å². The fourth-order valence-corrected chi connectivity index (χ4v) is 2.73. The van der Waals surface area contributed by atoms with Gasteiger partial charge in [0.25, 0.3) is 11.6 Å². The predicted molar refractivity (Wildman–Crippen MR) is 86.4 cm³/mol. The molecule has 7 heteroatoms. The summed E-state index contributed by atoms with van der Waals surface area (Å²) in [7, 11) is 0. The fourth-order valence-electron chi connectivity index (χ4n) is 2.73. The van der Waals surface area contributed by atoms with E-state index in [1.54, 1.807) is 17.9 Å². The van der Waals surface area contributed by atoms with Gasteiger partial charge in [-0.05, 0) is 44.4 Å². The number of nitro benzene ring substituents is 1. The molecule has 1 aromatic carbocycles. The first-order chi connectivity index (χ1) is 11.0. The van der Waals surface area contributed by atoms with Crippen molar-refractivity contribution in [2.75, 3.05) is 26.2 Å². The Morgan fingerprint density at radius 1 is 1.43 bits per heavy atom. The van der Waals surface area contributed by atoms with Crippen LogP contribution in [0.3, 0.4) is 0 Å². The van der Waals surface area contributed by atoms with Gasteiger partial charge in [0.15, 0.2) is 0 Å². The Kier molecular flexibility index (Phi) is 6.06. The molecule has 0 saturated carbocycles. The van der Waals surface area contributed by atoms with E-state index in [-0.39, 0.29) is 17.7 Å². The number of ether oxygens (including phenoxy) is 1. The van der Waals surface area contributed by atoms with Crippen molar-refractivity contribution in [2.45, 2.75) is 32.3 Å². The van der Waals surface area contributed by atoms with Gasteiger partial charge in [-0.3, -0.25) is 14.9 Å². The zero-order chi connectivity index (χ0) is 16.8. The van der Waals surface area contributed by atoms with Gasteiger partial charge in [-0.25, -0.2) is 0 Å². The first-order valence-corrected chi connectivity index (χ1v) is 7.89. The molecule has 0 aliphatic carbocycles. The Morgan fingerprint density at radius 3 is 2.70 bits per heavy atom. The monoisotopic (exact) mass is 321 g/mol. The third-order valence-electron chi connectivity index (χ3n) is 4.08. The lowest BCUT2D eigenvalue weighted by Gasteiger charge is -2.32. The second kappa shape index (κ2) is 8.03. The Morgan fingerprint density at radius 2 is 2.13 bits per heavy atom. The molecule has 0 radical (unpaired) electrons. The summed E-state index contributed by atoms with van der Waals surface area (Å²) in [5, 5.41) is 10.8. The van der Waals surface area contributed by atoms with Gasteiger partial charge in [0.05, 0.1) is 11.0 Å². The van der Waals surface area contributed by atoms with Crippen molar-refractivity contribution >= 4 is 11.6 Å². The van der Waals surface area contributed by atoms with E-state index in [9.17, 15) is 14.9 Å². The number of benzene rings is 1. The number of aryl methyl sites for hydroxylation is 1. The van der Waals surface area contributed by atoms with Gasteiger partial charge < -0.3 is 15.4 Å². The van der Waals surface area contributed by atoms with Gasteiger partial charge >= 0.3 is 0 Å². The zero-order valence-corrected chi connectivity index (χ0v) is 13.4. The van der Waals surface area contributed by atoms with Crippen LogP contribution in [0.25, 0.3) is 0 Å². The van der Waals surface area contributed by atoms with Crippen LogP contribution >= 0.6 is 0 Å². The molecular weight excluding hydrogens is 298 g/mol. The van der Waals surface area contributed by atoms with Crippen LogP contribution in [0.2, 0.25) is 0 Å². The van der Waals surface area contributed by atoms with Crippen LogP contribution in [0.15, 0.2) is 18.2 Å². The van der Waals surface area contributed by atoms with Crippen molar-refractivity contribution in [2.24, 2.45) is 5.73 Å². The molecule has 23 heavy (non-hydrogen) atoms. The van der Waals surface area contributed by atoms with Gasteiger partial charge in [0.1, 0.15) is 0 Å². The molecule has 1 fully saturated rings. The quantitative estimate of drug-likeness (QED) is 0.490. The molecule has 0 spiro atoms. The lowest BCUT2D eigenvalue weighted by Crippen LogP contribution is -2.41. The highest BCUT2D eigenvalue weighted by Crippen LogP contribution is 2.21. The molecule has 126 valence electrons. The number of likely N-dealkylation sites (tertiary alicyclic amines) is 1. The molecule has 1 saturated heterocycles. The molecule has 0 unspecified atom stereocenters. The van der Waals surface area contributed by atoms with Crippen molar-refractivity contribution < 1.29 is 14.5 Å². The number of nitro groups is 1. The van der Waals surface area contributed by atoms with Crippen molar-refractivity contribution in [1.29, 1.82) is 0 Å². The molecule has 1 heterocycles. The Labute approximate surface area is 135 Å². The van der Waals surface area contributed by atoms with Gasteiger partial charge in [-0.1, -0.05) is 0 Å². The summed E-state index contributed by atoms with van der Waals surface area (Å²) in [6.07, 6.45) is 2.65. The van der Waals surface area contributed by atoms with Crippen molar-refractivity contribution in [3.05, 3.63) is 39.4 Å².